The van der Waals surface area contributed by atoms with Gasteiger partial charge in [0.2, 0.25) is 5.95 Å². The highest BCUT2D eigenvalue weighted by atomic mass is 32.1. The average molecular weight is 790 g/mol. The van der Waals surface area contributed by atoms with Gasteiger partial charge in [-0.1, -0.05) is 140 Å². The van der Waals surface area contributed by atoms with Gasteiger partial charge in [-0.2, -0.15) is 9.97 Å². The molecule has 8 aromatic carbocycles. The third-order valence-corrected chi connectivity index (χ3v) is 13.4. The van der Waals surface area contributed by atoms with Gasteiger partial charge in [-0.3, -0.25) is 4.57 Å². The Morgan fingerprint density at radius 3 is 1.90 bits per heavy atom. The number of benzene rings is 8. The summed E-state index contributed by atoms with van der Waals surface area (Å²) in [6.45, 7) is 0. The minimum Gasteiger partial charge on any atom is -0.278 e. The van der Waals surface area contributed by atoms with Gasteiger partial charge in [0.15, 0.2) is 11.6 Å². The SMILES string of the molecule is c1ccc(-c2ccc3c4ccccc4n(-c4nc(-c5ccccc5)nc(-c5cccc6c5sc5ccc(-c7cccc(-c8nc9ccccc9s8)c7)cc56)n4)c3c2)cc1. The van der Waals surface area contributed by atoms with Crippen LogP contribution in [0.15, 0.2) is 188 Å². The number of hydrogen-bond acceptors (Lipinski definition) is 6. The lowest BCUT2D eigenvalue weighted by molar-refractivity contribution is 0.954. The topological polar surface area (TPSA) is 56.5 Å². The molecular formula is C52H31N5S2. The van der Waals surface area contributed by atoms with Crippen molar-refractivity contribution < 1.29 is 0 Å². The molecular weight excluding hydrogens is 759 g/mol. The predicted octanol–water partition coefficient (Wildman–Crippen LogP) is 14.3. The molecule has 276 valence electrons. The Hall–Kier alpha value is -7.32. The zero-order chi connectivity index (χ0) is 38.9. The van der Waals surface area contributed by atoms with Crippen LogP contribution in [0.25, 0.3) is 114 Å². The first-order chi connectivity index (χ1) is 29.2. The smallest absolute Gasteiger partial charge is 0.238 e. The van der Waals surface area contributed by atoms with Crippen LogP contribution in [0.3, 0.4) is 0 Å². The molecule has 0 unspecified atom stereocenters. The van der Waals surface area contributed by atoms with E-state index < -0.39 is 0 Å². The fraction of sp³-hybridized carbons (Fsp3) is 0. The van der Waals surface area contributed by atoms with Crippen molar-refractivity contribution in [1.82, 2.24) is 24.5 Å². The maximum absolute atomic E-state index is 5.36. The van der Waals surface area contributed by atoms with E-state index in [0.717, 1.165) is 70.4 Å². The predicted molar refractivity (Wildman–Crippen MR) is 247 cm³/mol. The molecule has 5 nitrogen and oxygen atoms in total. The molecule has 7 heteroatoms. The van der Waals surface area contributed by atoms with E-state index in [9.17, 15) is 0 Å². The van der Waals surface area contributed by atoms with Gasteiger partial charge in [0.25, 0.3) is 0 Å². The number of hydrogen-bond donors (Lipinski definition) is 0. The molecule has 0 atom stereocenters. The summed E-state index contributed by atoms with van der Waals surface area (Å²) in [7, 11) is 0. The standard InChI is InChI=1S/C52H31N5S2/c1-3-13-32(14-4-1)36-25-27-39-38-19-7-9-23-44(38)57(45(39)31-36)52-55-49(33-15-5-2-6-16-33)54-50(56-52)41-21-12-20-40-42-30-35(26-28-46(42)58-48(40)41)34-17-11-18-37(29-34)51-53-43-22-8-10-24-47(43)59-51/h1-31H. The molecule has 0 amide bonds. The van der Waals surface area contributed by atoms with Gasteiger partial charge in [-0.15, -0.1) is 22.7 Å². The molecule has 4 aromatic heterocycles. The highest BCUT2D eigenvalue weighted by molar-refractivity contribution is 7.26. The van der Waals surface area contributed by atoms with Crippen molar-refractivity contribution in [1.29, 1.82) is 0 Å². The lowest BCUT2D eigenvalue weighted by Crippen LogP contribution is -2.06. The van der Waals surface area contributed by atoms with Gasteiger partial charge in [0.05, 0.1) is 21.3 Å². The lowest BCUT2D eigenvalue weighted by atomic mass is 10.0. The Bertz CT molecular complexity index is 3530. The molecule has 0 saturated heterocycles. The van der Waals surface area contributed by atoms with Gasteiger partial charge >= 0.3 is 0 Å². The van der Waals surface area contributed by atoms with E-state index in [4.69, 9.17) is 19.9 Å². The van der Waals surface area contributed by atoms with Crippen molar-refractivity contribution in [3.63, 3.8) is 0 Å². The van der Waals surface area contributed by atoms with Gasteiger partial charge in [-0.25, -0.2) is 9.97 Å². The largest absolute Gasteiger partial charge is 0.278 e. The molecule has 0 aliphatic rings. The molecule has 0 bridgehead atoms. The number of fused-ring (bicyclic) bond motifs is 7. The first-order valence-corrected chi connectivity index (χ1v) is 21.2. The second kappa shape index (κ2) is 13.7. The summed E-state index contributed by atoms with van der Waals surface area (Å²) in [6.07, 6.45) is 0. The Morgan fingerprint density at radius 2 is 1.02 bits per heavy atom. The highest BCUT2D eigenvalue weighted by Gasteiger charge is 2.20. The number of rotatable bonds is 6. The van der Waals surface area contributed by atoms with E-state index in [1.165, 1.54) is 25.7 Å². The van der Waals surface area contributed by atoms with E-state index in [-0.39, 0.29) is 0 Å². The molecule has 0 spiro atoms. The van der Waals surface area contributed by atoms with Crippen molar-refractivity contribution in [2.24, 2.45) is 0 Å². The fourth-order valence-corrected chi connectivity index (χ4v) is 10.4. The van der Waals surface area contributed by atoms with Crippen LogP contribution in [0.1, 0.15) is 0 Å². The quantitative estimate of drug-likeness (QED) is 0.168. The van der Waals surface area contributed by atoms with E-state index >= 15 is 0 Å². The number of para-hydroxylation sites is 2. The zero-order valence-electron chi connectivity index (χ0n) is 31.5. The van der Waals surface area contributed by atoms with Crippen molar-refractivity contribution >= 4 is 74.9 Å². The van der Waals surface area contributed by atoms with Crippen LogP contribution in [0, 0.1) is 0 Å². The number of aromatic nitrogens is 5. The molecule has 0 N–H and O–H groups in total. The van der Waals surface area contributed by atoms with E-state index in [1.807, 2.05) is 24.3 Å². The molecule has 4 heterocycles. The van der Waals surface area contributed by atoms with Crippen molar-refractivity contribution in [3.05, 3.63) is 188 Å². The second-order valence-corrected chi connectivity index (χ2v) is 16.7. The monoisotopic (exact) mass is 789 g/mol. The van der Waals surface area contributed by atoms with Crippen molar-refractivity contribution in [2.75, 3.05) is 0 Å². The Balaban J connectivity index is 1.03. The Kier molecular flexibility index (Phi) is 7.82. The molecule has 0 aliphatic carbocycles. The van der Waals surface area contributed by atoms with Crippen molar-refractivity contribution in [3.8, 4) is 61.5 Å². The normalized spacial score (nSPS) is 11.7. The number of thiophene rings is 1. The molecule has 0 fully saturated rings. The van der Waals surface area contributed by atoms with Crippen LogP contribution in [-0.2, 0) is 0 Å². The van der Waals surface area contributed by atoms with Crippen molar-refractivity contribution in [2.45, 2.75) is 0 Å². The summed E-state index contributed by atoms with van der Waals surface area (Å²) in [5.41, 5.74) is 10.8. The molecule has 59 heavy (non-hydrogen) atoms. The van der Waals surface area contributed by atoms with Crippen LogP contribution in [-0.4, -0.2) is 24.5 Å². The summed E-state index contributed by atoms with van der Waals surface area (Å²) in [5.74, 6) is 1.85. The van der Waals surface area contributed by atoms with Crippen LogP contribution >= 0.6 is 22.7 Å². The fourth-order valence-electron chi connectivity index (χ4n) is 8.28. The van der Waals surface area contributed by atoms with E-state index in [2.05, 4.69) is 168 Å². The molecule has 12 rings (SSSR count). The third-order valence-electron chi connectivity index (χ3n) is 11.1. The lowest BCUT2D eigenvalue weighted by Gasteiger charge is -2.12. The molecule has 0 aliphatic heterocycles. The molecule has 0 radical (unpaired) electrons. The summed E-state index contributed by atoms with van der Waals surface area (Å²) in [4.78, 5) is 20.7. The maximum atomic E-state index is 5.36. The summed E-state index contributed by atoms with van der Waals surface area (Å²) in [5, 5.41) is 5.72. The van der Waals surface area contributed by atoms with Gasteiger partial charge in [-0.05, 0) is 70.8 Å². The van der Waals surface area contributed by atoms with Crippen LogP contribution in [0.2, 0.25) is 0 Å². The minimum absolute atomic E-state index is 0.582. The van der Waals surface area contributed by atoms with Crippen LogP contribution < -0.4 is 0 Å². The van der Waals surface area contributed by atoms with Gasteiger partial charge in [0.1, 0.15) is 5.01 Å². The average Bonchev–Trinajstić information content (AvgIpc) is 4.01. The third kappa shape index (κ3) is 5.74. The van der Waals surface area contributed by atoms with Crippen LogP contribution in [0.5, 0.6) is 0 Å². The number of thiazole rings is 1. The number of nitrogens with zero attached hydrogens (tertiary/aromatic N) is 5. The summed E-state index contributed by atoms with van der Waals surface area (Å²) in [6, 6.07) is 66.3. The Labute approximate surface area is 347 Å². The second-order valence-electron chi connectivity index (χ2n) is 14.7. The summed E-state index contributed by atoms with van der Waals surface area (Å²) < 4.78 is 5.76. The van der Waals surface area contributed by atoms with E-state index in [1.54, 1.807) is 22.7 Å². The van der Waals surface area contributed by atoms with E-state index in [0.29, 0.717) is 17.6 Å². The maximum Gasteiger partial charge on any atom is 0.238 e. The minimum atomic E-state index is 0.582. The van der Waals surface area contributed by atoms with Crippen LogP contribution in [0.4, 0.5) is 0 Å². The van der Waals surface area contributed by atoms with Gasteiger partial charge < -0.3 is 0 Å². The van der Waals surface area contributed by atoms with Gasteiger partial charge in [0, 0.05) is 47.6 Å². The highest BCUT2D eigenvalue weighted by Crippen LogP contribution is 2.42. The molecule has 0 saturated carbocycles. The molecule has 12 aromatic rings. The first kappa shape index (κ1) is 33.8. The Morgan fingerprint density at radius 1 is 0.356 bits per heavy atom. The zero-order valence-corrected chi connectivity index (χ0v) is 33.1. The summed E-state index contributed by atoms with van der Waals surface area (Å²) >= 11 is 3.52. The first-order valence-electron chi connectivity index (χ1n) is 19.5.